The van der Waals surface area contributed by atoms with E-state index in [9.17, 15) is 4.79 Å². The van der Waals surface area contributed by atoms with Gasteiger partial charge in [0.15, 0.2) is 0 Å². The maximum absolute atomic E-state index is 11.9. The molecule has 0 spiro atoms. The molecule has 0 saturated heterocycles. The number of aryl methyl sites for hydroxylation is 1. The third-order valence-electron chi connectivity index (χ3n) is 3.13. The zero-order valence-electron chi connectivity index (χ0n) is 11.8. The van der Waals surface area contributed by atoms with Crippen LogP contribution in [0.5, 0.6) is 0 Å². The van der Waals surface area contributed by atoms with Gasteiger partial charge in [0.2, 0.25) is 5.91 Å². The van der Waals surface area contributed by atoms with Gasteiger partial charge in [0.1, 0.15) is 0 Å². The lowest BCUT2D eigenvalue weighted by Gasteiger charge is -2.19. The second kappa shape index (κ2) is 8.67. The van der Waals surface area contributed by atoms with E-state index in [2.05, 4.69) is 5.32 Å². The molecular formula is C15H24N2O2. The van der Waals surface area contributed by atoms with Crippen molar-refractivity contribution in [2.75, 3.05) is 13.7 Å². The maximum atomic E-state index is 11.9. The van der Waals surface area contributed by atoms with Crippen LogP contribution in [0.2, 0.25) is 0 Å². The van der Waals surface area contributed by atoms with Gasteiger partial charge in [-0.3, -0.25) is 4.79 Å². The lowest BCUT2D eigenvalue weighted by molar-refractivity contribution is -0.123. The number of rotatable bonds is 8. The van der Waals surface area contributed by atoms with E-state index < -0.39 is 6.04 Å². The zero-order valence-corrected chi connectivity index (χ0v) is 11.8. The minimum absolute atomic E-state index is 0.0419. The molecule has 19 heavy (non-hydrogen) atoms. The zero-order chi connectivity index (χ0) is 14.1. The van der Waals surface area contributed by atoms with E-state index in [4.69, 9.17) is 10.5 Å². The number of hydrogen-bond acceptors (Lipinski definition) is 3. The van der Waals surface area contributed by atoms with Gasteiger partial charge in [0, 0.05) is 7.11 Å². The number of benzene rings is 1. The van der Waals surface area contributed by atoms with E-state index in [1.165, 1.54) is 5.56 Å². The Balaban J connectivity index is 2.36. The van der Waals surface area contributed by atoms with Crippen LogP contribution in [0.3, 0.4) is 0 Å². The van der Waals surface area contributed by atoms with Crippen molar-refractivity contribution in [2.24, 2.45) is 5.73 Å². The van der Waals surface area contributed by atoms with Crippen molar-refractivity contribution in [3.63, 3.8) is 0 Å². The largest absolute Gasteiger partial charge is 0.383 e. The summed E-state index contributed by atoms with van der Waals surface area (Å²) in [6.07, 6.45) is 2.31. The van der Waals surface area contributed by atoms with Crippen LogP contribution in [0.15, 0.2) is 30.3 Å². The molecule has 1 unspecified atom stereocenters. The van der Waals surface area contributed by atoms with E-state index in [-0.39, 0.29) is 11.9 Å². The molecule has 0 heterocycles. The Kier molecular flexibility index (Phi) is 7.15. The fourth-order valence-corrected chi connectivity index (χ4v) is 1.87. The number of nitrogens with one attached hydrogen (secondary N) is 1. The molecule has 0 bridgehead atoms. The lowest BCUT2D eigenvalue weighted by Crippen LogP contribution is -2.46. The minimum Gasteiger partial charge on any atom is -0.383 e. The van der Waals surface area contributed by atoms with E-state index in [0.717, 1.165) is 12.8 Å². The molecular weight excluding hydrogens is 240 g/mol. The van der Waals surface area contributed by atoms with Gasteiger partial charge >= 0.3 is 0 Å². The van der Waals surface area contributed by atoms with Gasteiger partial charge in [-0.1, -0.05) is 37.3 Å². The van der Waals surface area contributed by atoms with E-state index in [0.29, 0.717) is 13.0 Å². The van der Waals surface area contributed by atoms with Gasteiger partial charge in [-0.15, -0.1) is 0 Å². The predicted molar refractivity (Wildman–Crippen MR) is 76.8 cm³/mol. The summed E-state index contributed by atoms with van der Waals surface area (Å²) in [5.74, 6) is -0.0974. The molecule has 1 aromatic carbocycles. The van der Waals surface area contributed by atoms with Crippen LogP contribution in [0, 0.1) is 0 Å². The second-order valence-corrected chi connectivity index (χ2v) is 4.70. The third kappa shape index (κ3) is 5.85. The van der Waals surface area contributed by atoms with Crippen molar-refractivity contribution in [3.05, 3.63) is 35.9 Å². The highest BCUT2D eigenvalue weighted by Gasteiger charge is 2.16. The van der Waals surface area contributed by atoms with Crippen molar-refractivity contribution >= 4 is 5.91 Å². The fourth-order valence-electron chi connectivity index (χ4n) is 1.87. The monoisotopic (exact) mass is 264 g/mol. The second-order valence-electron chi connectivity index (χ2n) is 4.70. The molecule has 1 amide bonds. The summed E-state index contributed by atoms with van der Waals surface area (Å²) >= 11 is 0. The molecule has 4 heteroatoms. The first-order valence-corrected chi connectivity index (χ1v) is 6.76. The van der Waals surface area contributed by atoms with E-state index in [1.54, 1.807) is 7.11 Å². The smallest absolute Gasteiger partial charge is 0.237 e. The normalized spacial score (nSPS) is 13.8. The highest BCUT2D eigenvalue weighted by atomic mass is 16.5. The Bertz CT molecular complexity index is 368. The number of ether oxygens (including phenoxy) is 1. The molecule has 0 aliphatic carbocycles. The predicted octanol–water partition coefficient (Wildman–Crippen LogP) is 1.49. The third-order valence-corrected chi connectivity index (χ3v) is 3.13. The number of carbonyl (C=O) groups is 1. The Morgan fingerprint density at radius 2 is 2.05 bits per heavy atom. The molecule has 0 saturated carbocycles. The number of amides is 1. The van der Waals surface area contributed by atoms with Crippen molar-refractivity contribution < 1.29 is 9.53 Å². The van der Waals surface area contributed by atoms with Gasteiger partial charge in [-0.05, 0) is 24.8 Å². The lowest BCUT2D eigenvalue weighted by atomic mass is 10.0. The molecule has 3 N–H and O–H groups in total. The van der Waals surface area contributed by atoms with Crippen LogP contribution < -0.4 is 11.1 Å². The van der Waals surface area contributed by atoms with Crippen LogP contribution in [0.25, 0.3) is 0 Å². The fraction of sp³-hybridized carbons (Fsp3) is 0.533. The Morgan fingerprint density at radius 3 is 2.63 bits per heavy atom. The van der Waals surface area contributed by atoms with Crippen molar-refractivity contribution in [3.8, 4) is 0 Å². The average molecular weight is 264 g/mol. The molecule has 2 atom stereocenters. The molecule has 4 nitrogen and oxygen atoms in total. The number of nitrogens with two attached hydrogens (primary N) is 1. The first-order chi connectivity index (χ1) is 9.17. The number of carbonyl (C=O) groups excluding carboxylic acids is 1. The van der Waals surface area contributed by atoms with Crippen LogP contribution >= 0.6 is 0 Å². The molecule has 0 aliphatic heterocycles. The number of hydrogen-bond donors (Lipinski definition) is 2. The summed E-state index contributed by atoms with van der Waals surface area (Å²) < 4.78 is 5.05. The summed E-state index contributed by atoms with van der Waals surface area (Å²) in [5, 5.41) is 2.91. The number of methoxy groups -OCH3 is 1. The molecule has 1 aromatic rings. The Labute approximate surface area is 115 Å². The molecule has 0 aliphatic rings. The van der Waals surface area contributed by atoms with Crippen LogP contribution in [-0.4, -0.2) is 31.7 Å². The van der Waals surface area contributed by atoms with E-state index in [1.807, 2.05) is 37.3 Å². The quantitative estimate of drug-likeness (QED) is 0.747. The topological polar surface area (TPSA) is 64.3 Å². The highest BCUT2D eigenvalue weighted by molar-refractivity contribution is 5.81. The molecule has 0 fully saturated rings. The summed E-state index contributed by atoms with van der Waals surface area (Å²) in [5.41, 5.74) is 7.11. The van der Waals surface area contributed by atoms with Gasteiger partial charge in [0.25, 0.3) is 0 Å². The molecule has 0 radical (unpaired) electrons. The Morgan fingerprint density at radius 1 is 1.37 bits per heavy atom. The molecule has 1 rings (SSSR count). The van der Waals surface area contributed by atoms with Gasteiger partial charge in [0.05, 0.1) is 18.7 Å². The summed E-state index contributed by atoms with van der Waals surface area (Å²) in [6, 6.07) is 9.63. The van der Waals surface area contributed by atoms with Crippen molar-refractivity contribution in [2.45, 2.75) is 38.3 Å². The highest BCUT2D eigenvalue weighted by Crippen LogP contribution is 2.04. The minimum atomic E-state index is -0.467. The van der Waals surface area contributed by atoms with Crippen molar-refractivity contribution in [1.82, 2.24) is 5.32 Å². The molecule has 0 aromatic heterocycles. The van der Waals surface area contributed by atoms with Gasteiger partial charge < -0.3 is 15.8 Å². The van der Waals surface area contributed by atoms with Crippen LogP contribution in [0.4, 0.5) is 0 Å². The molecule has 106 valence electrons. The van der Waals surface area contributed by atoms with Gasteiger partial charge in [-0.25, -0.2) is 0 Å². The summed E-state index contributed by atoms with van der Waals surface area (Å²) in [6.45, 7) is 2.53. The first-order valence-electron chi connectivity index (χ1n) is 6.76. The Hall–Kier alpha value is -1.39. The van der Waals surface area contributed by atoms with Crippen LogP contribution in [-0.2, 0) is 16.0 Å². The van der Waals surface area contributed by atoms with Gasteiger partial charge in [-0.2, -0.15) is 0 Å². The summed E-state index contributed by atoms with van der Waals surface area (Å²) in [7, 11) is 1.63. The standard InChI is InChI=1S/C15H24N2O2/c1-3-13(11-19-2)17-15(18)14(16)10-9-12-7-5-4-6-8-12/h4-8,13-14H,3,9-11,16H2,1-2H3,(H,17,18)/t13?,14-/m0/s1. The van der Waals surface area contributed by atoms with Crippen molar-refractivity contribution in [1.29, 1.82) is 0 Å². The average Bonchev–Trinajstić information content (AvgIpc) is 2.45. The van der Waals surface area contributed by atoms with Crippen LogP contribution in [0.1, 0.15) is 25.3 Å². The summed E-state index contributed by atoms with van der Waals surface area (Å²) in [4.78, 5) is 11.9. The SMILES string of the molecule is CCC(COC)NC(=O)[C@@H](N)CCc1ccccc1. The first kappa shape index (κ1) is 15.7. The van der Waals surface area contributed by atoms with E-state index >= 15 is 0 Å². The maximum Gasteiger partial charge on any atom is 0.237 e.